The summed E-state index contributed by atoms with van der Waals surface area (Å²) in [5.41, 5.74) is 2.80. The smallest absolute Gasteiger partial charge is 0.0591 e. The molecule has 0 heterocycles. The number of hydrogen-bond donors (Lipinski definition) is 1. The zero-order chi connectivity index (χ0) is 13.2. The highest BCUT2D eigenvalue weighted by molar-refractivity contribution is 5.22. The van der Waals surface area contributed by atoms with Crippen LogP contribution in [0.15, 0.2) is 24.3 Å². The van der Waals surface area contributed by atoms with Gasteiger partial charge in [-0.1, -0.05) is 51.5 Å². The van der Waals surface area contributed by atoms with Gasteiger partial charge in [0.05, 0.1) is 13.2 Å². The van der Waals surface area contributed by atoms with Gasteiger partial charge in [-0.3, -0.25) is 0 Å². The van der Waals surface area contributed by atoms with Crippen LogP contribution in [0.1, 0.15) is 38.3 Å². The van der Waals surface area contributed by atoms with Gasteiger partial charge in [0.2, 0.25) is 0 Å². The molecule has 18 heavy (non-hydrogen) atoms. The van der Waals surface area contributed by atoms with Crippen molar-refractivity contribution < 1.29 is 4.74 Å². The van der Waals surface area contributed by atoms with E-state index in [4.69, 9.17) is 4.74 Å². The summed E-state index contributed by atoms with van der Waals surface area (Å²) in [4.78, 5) is 0. The average molecular weight is 249 g/mol. The lowest BCUT2D eigenvalue weighted by atomic mass is 10.1. The third-order valence-electron chi connectivity index (χ3n) is 2.90. The Morgan fingerprint density at radius 1 is 1.00 bits per heavy atom. The maximum absolute atomic E-state index is 5.60. The highest BCUT2D eigenvalue weighted by Gasteiger charge is 1.96. The van der Waals surface area contributed by atoms with Crippen molar-refractivity contribution >= 4 is 0 Å². The Bertz CT molecular complexity index is 305. The summed E-state index contributed by atoms with van der Waals surface area (Å²) >= 11 is 0. The quantitative estimate of drug-likeness (QED) is 0.679. The summed E-state index contributed by atoms with van der Waals surface area (Å²) in [6.45, 7) is 9.06. The molecule has 0 unspecified atom stereocenters. The molecule has 102 valence electrons. The minimum absolute atomic E-state index is 0.541. The van der Waals surface area contributed by atoms with Gasteiger partial charge >= 0.3 is 0 Å². The predicted molar refractivity (Wildman–Crippen MR) is 78.1 cm³/mol. The van der Waals surface area contributed by atoms with E-state index in [1.807, 2.05) is 0 Å². The lowest BCUT2D eigenvalue weighted by Crippen LogP contribution is -2.26. The third kappa shape index (κ3) is 6.77. The summed E-state index contributed by atoms with van der Waals surface area (Å²) < 4.78 is 5.60. The van der Waals surface area contributed by atoms with E-state index in [1.165, 1.54) is 24.0 Å². The van der Waals surface area contributed by atoms with Gasteiger partial charge in [-0.15, -0.1) is 0 Å². The minimum atomic E-state index is 0.541. The monoisotopic (exact) mass is 249 g/mol. The Kier molecular flexibility index (Phi) is 7.70. The first kappa shape index (κ1) is 15.2. The van der Waals surface area contributed by atoms with Gasteiger partial charge in [-0.25, -0.2) is 0 Å². The summed E-state index contributed by atoms with van der Waals surface area (Å²) in [6.07, 6.45) is 3.40. The number of benzene rings is 1. The number of ether oxygens (including phenoxy) is 1. The summed E-state index contributed by atoms with van der Waals surface area (Å²) in [7, 11) is 0. The summed E-state index contributed by atoms with van der Waals surface area (Å²) in [5, 5.41) is 3.34. The van der Waals surface area contributed by atoms with Gasteiger partial charge in [0, 0.05) is 12.6 Å². The predicted octanol–water partition coefficient (Wildman–Crippen LogP) is 3.20. The molecular formula is C16H27NO. The van der Waals surface area contributed by atoms with E-state index in [2.05, 4.69) is 50.4 Å². The average Bonchev–Trinajstić information content (AvgIpc) is 2.35. The van der Waals surface area contributed by atoms with Crippen LogP contribution in [0.3, 0.4) is 0 Å². The van der Waals surface area contributed by atoms with Gasteiger partial charge in [0.15, 0.2) is 0 Å². The molecule has 0 atom stereocenters. The standard InChI is InChI=1S/C16H27NO/c1-4-5-15-6-8-16(9-7-15)10-12-18-13-11-17-14(2)3/h6-9,14,17H,4-5,10-13H2,1-3H3. The van der Waals surface area contributed by atoms with Crippen LogP contribution in [-0.2, 0) is 17.6 Å². The fraction of sp³-hybridized carbons (Fsp3) is 0.625. The molecule has 0 radical (unpaired) electrons. The molecule has 0 aliphatic rings. The topological polar surface area (TPSA) is 21.3 Å². The van der Waals surface area contributed by atoms with E-state index in [-0.39, 0.29) is 0 Å². The molecule has 1 aromatic rings. The minimum Gasteiger partial charge on any atom is -0.380 e. The van der Waals surface area contributed by atoms with Crippen molar-refractivity contribution in [1.82, 2.24) is 5.32 Å². The normalized spacial score (nSPS) is 11.1. The van der Waals surface area contributed by atoms with E-state index in [0.29, 0.717) is 6.04 Å². The Balaban J connectivity index is 2.11. The van der Waals surface area contributed by atoms with Crippen LogP contribution in [0, 0.1) is 0 Å². The molecular weight excluding hydrogens is 222 g/mol. The Labute approximate surface area is 112 Å². The molecule has 0 saturated carbocycles. The fourth-order valence-corrected chi connectivity index (χ4v) is 1.87. The van der Waals surface area contributed by atoms with Crippen LogP contribution >= 0.6 is 0 Å². The molecule has 0 aliphatic heterocycles. The Hall–Kier alpha value is -0.860. The number of hydrogen-bond acceptors (Lipinski definition) is 2. The molecule has 1 N–H and O–H groups in total. The second kappa shape index (κ2) is 9.12. The second-order valence-electron chi connectivity index (χ2n) is 5.04. The SMILES string of the molecule is CCCc1ccc(CCOCCNC(C)C)cc1. The molecule has 1 aromatic carbocycles. The molecule has 0 aliphatic carbocycles. The van der Waals surface area contributed by atoms with Gasteiger partial charge < -0.3 is 10.1 Å². The number of rotatable bonds is 9. The van der Waals surface area contributed by atoms with Crippen molar-refractivity contribution in [2.45, 2.75) is 46.1 Å². The maximum atomic E-state index is 5.60. The Morgan fingerprint density at radius 2 is 1.61 bits per heavy atom. The lowest BCUT2D eigenvalue weighted by molar-refractivity contribution is 0.137. The van der Waals surface area contributed by atoms with Crippen LogP contribution in [0.4, 0.5) is 0 Å². The maximum Gasteiger partial charge on any atom is 0.0591 e. The highest BCUT2D eigenvalue weighted by atomic mass is 16.5. The summed E-state index contributed by atoms with van der Waals surface area (Å²) in [5.74, 6) is 0. The third-order valence-corrected chi connectivity index (χ3v) is 2.90. The van der Waals surface area contributed by atoms with Crippen molar-refractivity contribution in [3.8, 4) is 0 Å². The first-order chi connectivity index (χ1) is 8.72. The molecule has 0 fully saturated rings. The van der Waals surface area contributed by atoms with Crippen LogP contribution < -0.4 is 5.32 Å². The van der Waals surface area contributed by atoms with Crippen molar-refractivity contribution in [2.24, 2.45) is 0 Å². The molecule has 0 aromatic heterocycles. The largest absolute Gasteiger partial charge is 0.380 e. The first-order valence-electron chi connectivity index (χ1n) is 7.11. The van der Waals surface area contributed by atoms with Gasteiger partial charge in [-0.05, 0) is 24.0 Å². The molecule has 0 spiro atoms. The number of nitrogens with one attached hydrogen (secondary N) is 1. The van der Waals surface area contributed by atoms with E-state index in [1.54, 1.807) is 0 Å². The van der Waals surface area contributed by atoms with Gasteiger partial charge in [-0.2, -0.15) is 0 Å². The van der Waals surface area contributed by atoms with Crippen LogP contribution in [-0.4, -0.2) is 25.8 Å². The van der Waals surface area contributed by atoms with E-state index >= 15 is 0 Å². The highest BCUT2D eigenvalue weighted by Crippen LogP contribution is 2.07. The van der Waals surface area contributed by atoms with Crippen LogP contribution in [0.5, 0.6) is 0 Å². The molecule has 2 heteroatoms. The van der Waals surface area contributed by atoms with Crippen molar-refractivity contribution in [1.29, 1.82) is 0 Å². The fourth-order valence-electron chi connectivity index (χ4n) is 1.87. The molecule has 2 nitrogen and oxygen atoms in total. The molecule has 1 rings (SSSR count). The second-order valence-corrected chi connectivity index (χ2v) is 5.04. The molecule has 0 amide bonds. The van der Waals surface area contributed by atoms with Gasteiger partial charge in [0.1, 0.15) is 0 Å². The lowest BCUT2D eigenvalue weighted by Gasteiger charge is -2.08. The first-order valence-corrected chi connectivity index (χ1v) is 7.11. The van der Waals surface area contributed by atoms with E-state index in [9.17, 15) is 0 Å². The molecule has 0 saturated heterocycles. The number of aryl methyl sites for hydroxylation is 1. The van der Waals surface area contributed by atoms with Crippen LogP contribution in [0.2, 0.25) is 0 Å². The Morgan fingerprint density at radius 3 is 2.17 bits per heavy atom. The summed E-state index contributed by atoms with van der Waals surface area (Å²) in [6, 6.07) is 9.46. The van der Waals surface area contributed by atoms with E-state index in [0.717, 1.165) is 26.2 Å². The zero-order valence-electron chi connectivity index (χ0n) is 12.0. The van der Waals surface area contributed by atoms with Crippen molar-refractivity contribution in [2.75, 3.05) is 19.8 Å². The zero-order valence-corrected chi connectivity index (χ0v) is 12.0. The molecule has 0 bridgehead atoms. The van der Waals surface area contributed by atoms with Crippen LogP contribution in [0.25, 0.3) is 0 Å². The van der Waals surface area contributed by atoms with Gasteiger partial charge in [0.25, 0.3) is 0 Å². The van der Waals surface area contributed by atoms with Crippen molar-refractivity contribution in [3.05, 3.63) is 35.4 Å². The van der Waals surface area contributed by atoms with Crippen molar-refractivity contribution in [3.63, 3.8) is 0 Å². The van der Waals surface area contributed by atoms with E-state index < -0.39 is 0 Å².